The number of carbonyl (C=O) groups excluding carboxylic acids is 1. The molecule has 1 fully saturated rings. The second kappa shape index (κ2) is 6.89. The van der Waals surface area contributed by atoms with Gasteiger partial charge in [-0.15, -0.1) is 11.3 Å². The Morgan fingerprint density at radius 3 is 2.88 bits per heavy atom. The van der Waals surface area contributed by atoms with Gasteiger partial charge in [0.2, 0.25) is 6.79 Å². The summed E-state index contributed by atoms with van der Waals surface area (Å²) in [5.41, 5.74) is 0.499. The van der Waals surface area contributed by atoms with Crippen molar-refractivity contribution in [3.05, 3.63) is 34.3 Å². The summed E-state index contributed by atoms with van der Waals surface area (Å²) in [6, 6.07) is 5.45. The molecule has 2 aliphatic heterocycles. The molecule has 7 nitrogen and oxygen atoms in total. The minimum atomic E-state index is -0.00122. The van der Waals surface area contributed by atoms with Gasteiger partial charge in [0.1, 0.15) is 23.1 Å². The average molecular weight is 361 g/mol. The number of nitrogens with zero attached hydrogens (tertiary/aromatic N) is 3. The van der Waals surface area contributed by atoms with Gasteiger partial charge in [-0.1, -0.05) is 0 Å². The van der Waals surface area contributed by atoms with Crippen molar-refractivity contribution in [3.8, 4) is 17.2 Å². The molecule has 0 atom stereocenters. The number of hydrogen-bond acceptors (Lipinski definition) is 7. The van der Waals surface area contributed by atoms with Crippen LogP contribution in [0.25, 0.3) is 0 Å². The largest absolute Gasteiger partial charge is 0.486 e. The van der Waals surface area contributed by atoms with E-state index in [2.05, 4.69) is 16.9 Å². The maximum atomic E-state index is 12.5. The Balaban J connectivity index is 1.36. The molecule has 0 saturated carbocycles. The molecule has 0 aliphatic carbocycles. The zero-order chi connectivity index (χ0) is 17.2. The zero-order valence-electron chi connectivity index (χ0n) is 13.9. The van der Waals surface area contributed by atoms with Gasteiger partial charge in [-0.2, -0.15) is 0 Å². The highest BCUT2D eigenvalue weighted by molar-refractivity contribution is 7.09. The summed E-state index contributed by atoms with van der Waals surface area (Å²) in [7, 11) is 2.07. The maximum Gasteiger partial charge on any atom is 0.273 e. The van der Waals surface area contributed by atoms with Crippen molar-refractivity contribution in [1.82, 2.24) is 14.8 Å². The fourth-order valence-electron chi connectivity index (χ4n) is 2.76. The lowest BCUT2D eigenvalue weighted by atomic mass is 10.3. The highest BCUT2D eigenvalue weighted by Crippen LogP contribution is 2.35. The van der Waals surface area contributed by atoms with Crippen LogP contribution in [0.4, 0.5) is 0 Å². The molecule has 1 aromatic heterocycles. The summed E-state index contributed by atoms with van der Waals surface area (Å²) in [6.45, 7) is 3.85. The topological polar surface area (TPSA) is 64.1 Å². The second-order valence-electron chi connectivity index (χ2n) is 6.03. The monoisotopic (exact) mass is 361 g/mol. The molecule has 2 aromatic rings. The van der Waals surface area contributed by atoms with Crippen molar-refractivity contribution in [2.45, 2.75) is 6.61 Å². The van der Waals surface area contributed by atoms with E-state index >= 15 is 0 Å². The smallest absolute Gasteiger partial charge is 0.273 e. The van der Waals surface area contributed by atoms with Crippen LogP contribution < -0.4 is 14.2 Å². The van der Waals surface area contributed by atoms with E-state index in [1.165, 1.54) is 11.3 Å². The van der Waals surface area contributed by atoms with Crippen molar-refractivity contribution in [2.24, 2.45) is 0 Å². The van der Waals surface area contributed by atoms with E-state index < -0.39 is 0 Å². The summed E-state index contributed by atoms with van der Waals surface area (Å²) in [6.07, 6.45) is 0. The first kappa shape index (κ1) is 16.2. The summed E-state index contributed by atoms with van der Waals surface area (Å²) < 4.78 is 16.4. The van der Waals surface area contributed by atoms with Crippen LogP contribution in [0.3, 0.4) is 0 Å². The molecule has 1 amide bonds. The summed E-state index contributed by atoms with van der Waals surface area (Å²) in [5.74, 6) is 2.09. The predicted molar refractivity (Wildman–Crippen MR) is 92.4 cm³/mol. The lowest BCUT2D eigenvalue weighted by Crippen LogP contribution is -2.47. The summed E-state index contributed by atoms with van der Waals surface area (Å²) in [5, 5.41) is 2.58. The molecule has 1 aromatic carbocycles. The van der Waals surface area contributed by atoms with Gasteiger partial charge in [0.25, 0.3) is 5.91 Å². The first-order chi connectivity index (χ1) is 12.2. The molecule has 2 aliphatic rings. The van der Waals surface area contributed by atoms with E-state index in [-0.39, 0.29) is 12.7 Å². The molecule has 0 unspecified atom stereocenters. The number of likely N-dealkylation sites (N-methyl/N-ethyl adjacent to an activating group) is 1. The fraction of sp³-hybridized carbons (Fsp3) is 0.412. The number of fused-ring (bicyclic) bond motifs is 1. The van der Waals surface area contributed by atoms with Crippen LogP contribution in [0, 0.1) is 0 Å². The van der Waals surface area contributed by atoms with Crippen molar-refractivity contribution < 1.29 is 19.0 Å². The van der Waals surface area contributed by atoms with Crippen LogP contribution in [0.1, 0.15) is 15.5 Å². The van der Waals surface area contributed by atoms with Crippen molar-refractivity contribution in [3.63, 3.8) is 0 Å². The van der Waals surface area contributed by atoms with Gasteiger partial charge in [0, 0.05) is 37.6 Å². The van der Waals surface area contributed by atoms with E-state index in [0.717, 1.165) is 36.9 Å². The van der Waals surface area contributed by atoms with E-state index in [1.54, 1.807) is 11.4 Å². The minimum absolute atomic E-state index is 0.00122. The lowest BCUT2D eigenvalue weighted by molar-refractivity contribution is 0.0658. The van der Waals surface area contributed by atoms with E-state index in [0.29, 0.717) is 23.8 Å². The number of amides is 1. The Labute approximate surface area is 149 Å². The second-order valence-corrected chi connectivity index (χ2v) is 6.97. The van der Waals surface area contributed by atoms with Crippen molar-refractivity contribution >= 4 is 17.2 Å². The number of piperazine rings is 1. The van der Waals surface area contributed by atoms with Gasteiger partial charge in [-0.3, -0.25) is 4.79 Å². The number of aromatic nitrogens is 1. The van der Waals surface area contributed by atoms with E-state index in [1.807, 2.05) is 17.0 Å². The Hall–Kier alpha value is -2.32. The number of hydrogen-bond donors (Lipinski definition) is 0. The molecule has 4 rings (SSSR count). The Bertz CT molecular complexity index is 771. The molecule has 3 heterocycles. The first-order valence-corrected chi connectivity index (χ1v) is 9.02. The van der Waals surface area contributed by atoms with Gasteiger partial charge >= 0.3 is 0 Å². The molecular formula is C17H19N3O4S. The van der Waals surface area contributed by atoms with Gasteiger partial charge in [0.05, 0.1) is 0 Å². The molecule has 1 saturated heterocycles. The Morgan fingerprint density at radius 2 is 2.04 bits per heavy atom. The van der Waals surface area contributed by atoms with Gasteiger partial charge in [0.15, 0.2) is 11.5 Å². The Kier molecular flexibility index (Phi) is 4.46. The molecule has 25 heavy (non-hydrogen) atoms. The summed E-state index contributed by atoms with van der Waals surface area (Å²) in [4.78, 5) is 21.0. The maximum absolute atomic E-state index is 12.5. The Morgan fingerprint density at radius 1 is 1.24 bits per heavy atom. The highest BCUT2D eigenvalue weighted by atomic mass is 32.1. The average Bonchev–Trinajstić information content (AvgIpc) is 3.29. The third-order valence-electron chi connectivity index (χ3n) is 4.27. The van der Waals surface area contributed by atoms with E-state index in [4.69, 9.17) is 14.2 Å². The standard InChI is InChI=1S/C17H19N3O4S/c1-19-4-6-20(7-5-19)17(21)13-10-25-16(18-13)9-22-12-2-3-14-15(8-12)24-11-23-14/h2-3,8,10H,4-7,9,11H2,1H3. The minimum Gasteiger partial charge on any atom is -0.486 e. The quantitative estimate of drug-likeness (QED) is 0.828. The molecule has 0 N–H and O–H groups in total. The van der Waals surface area contributed by atoms with Gasteiger partial charge in [-0.25, -0.2) is 4.98 Å². The number of carbonyl (C=O) groups is 1. The van der Waals surface area contributed by atoms with Crippen LogP contribution in [0.5, 0.6) is 17.2 Å². The van der Waals surface area contributed by atoms with Crippen LogP contribution >= 0.6 is 11.3 Å². The number of thiazole rings is 1. The van der Waals surface area contributed by atoms with Crippen LogP contribution in [0.2, 0.25) is 0 Å². The molecule has 0 bridgehead atoms. The third kappa shape index (κ3) is 3.54. The van der Waals surface area contributed by atoms with Crippen molar-refractivity contribution in [2.75, 3.05) is 40.0 Å². The SMILES string of the molecule is CN1CCN(C(=O)c2csc(COc3ccc4c(c3)OCO4)n2)CC1. The molecule has 8 heteroatoms. The predicted octanol–water partition coefficient (Wildman–Crippen LogP) is 1.84. The zero-order valence-corrected chi connectivity index (χ0v) is 14.8. The van der Waals surface area contributed by atoms with Crippen LogP contribution in [-0.4, -0.2) is 60.7 Å². The lowest BCUT2D eigenvalue weighted by Gasteiger charge is -2.31. The van der Waals surface area contributed by atoms with Crippen LogP contribution in [-0.2, 0) is 6.61 Å². The van der Waals surface area contributed by atoms with Gasteiger partial charge < -0.3 is 24.0 Å². The highest BCUT2D eigenvalue weighted by Gasteiger charge is 2.22. The molecule has 0 radical (unpaired) electrons. The molecule has 0 spiro atoms. The van der Waals surface area contributed by atoms with Crippen molar-refractivity contribution in [1.29, 1.82) is 0 Å². The van der Waals surface area contributed by atoms with Crippen LogP contribution in [0.15, 0.2) is 23.6 Å². The number of ether oxygens (including phenoxy) is 3. The fourth-order valence-corrected chi connectivity index (χ4v) is 3.44. The normalized spacial score (nSPS) is 16.9. The first-order valence-electron chi connectivity index (χ1n) is 8.14. The van der Waals surface area contributed by atoms with E-state index in [9.17, 15) is 4.79 Å². The molecular weight excluding hydrogens is 342 g/mol. The third-order valence-corrected chi connectivity index (χ3v) is 5.09. The number of rotatable bonds is 4. The summed E-state index contributed by atoms with van der Waals surface area (Å²) >= 11 is 1.44. The molecule has 132 valence electrons. The number of benzene rings is 1. The van der Waals surface area contributed by atoms with Gasteiger partial charge in [-0.05, 0) is 19.2 Å².